The van der Waals surface area contributed by atoms with Crippen molar-refractivity contribution < 1.29 is 9.47 Å². The van der Waals surface area contributed by atoms with Gasteiger partial charge in [0.25, 0.3) is 0 Å². The molecule has 0 aliphatic rings. The Bertz CT molecular complexity index is 208. The van der Waals surface area contributed by atoms with Crippen molar-refractivity contribution in [2.45, 2.75) is 33.3 Å². The first-order chi connectivity index (χ1) is 8.11. The zero-order valence-corrected chi connectivity index (χ0v) is 11.5. The van der Waals surface area contributed by atoms with E-state index in [-0.39, 0.29) is 6.10 Å². The molecule has 3 N–H and O–H groups in total. The van der Waals surface area contributed by atoms with Crippen LogP contribution in [0.3, 0.4) is 0 Å². The zero-order chi connectivity index (χ0) is 13.1. The molecule has 0 heterocycles. The van der Waals surface area contributed by atoms with Gasteiger partial charge >= 0.3 is 0 Å². The van der Waals surface area contributed by atoms with Gasteiger partial charge in [-0.05, 0) is 19.3 Å². The van der Waals surface area contributed by atoms with Gasteiger partial charge in [0.05, 0.1) is 12.7 Å². The van der Waals surface area contributed by atoms with Crippen molar-refractivity contribution >= 4 is 5.96 Å². The van der Waals surface area contributed by atoms with E-state index in [1.165, 1.54) is 0 Å². The molecule has 0 aliphatic carbocycles. The molecule has 5 nitrogen and oxygen atoms in total. The van der Waals surface area contributed by atoms with Crippen molar-refractivity contribution in [3.8, 4) is 0 Å². The third-order valence-corrected chi connectivity index (χ3v) is 2.43. The van der Waals surface area contributed by atoms with Crippen molar-refractivity contribution in [3.05, 3.63) is 0 Å². The van der Waals surface area contributed by atoms with E-state index in [9.17, 15) is 0 Å². The second-order valence-corrected chi connectivity index (χ2v) is 4.21. The summed E-state index contributed by atoms with van der Waals surface area (Å²) in [5.41, 5.74) is 5.69. The zero-order valence-electron chi connectivity index (χ0n) is 11.5. The highest BCUT2D eigenvalue weighted by molar-refractivity contribution is 5.77. The van der Waals surface area contributed by atoms with Crippen LogP contribution in [0.15, 0.2) is 4.99 Å². The Kier molecular flexibility index (Phi) is 9.86. The van der Waals surface area contributed by atoms with Crippen molar-refractivity contribution in [1.29, 1.82) is 0 Å². The predicted molar refractivity (Wildman–Crippen MR) is 71.2 cm³/mol. The van der Waals surface area contributed by atoms with Gasteiger partial charge in [-0.1, -0.05) is 13.8 Å². The first-order valence-corrected chi connectivity index (χ1v) is 6.26. The average molecular weight is 245 g/mol. The highest BCUT2D eigenvalue weighted by Gasteiger charge is 2.12. The lowest BCUT2D eigenvalue weighted by molar-refractivity contribution is 0.0266. The van der Waals surface area contributed by atoms with Gasteiger partial charge < -0.3 is 20.5 Å². The monoisotopic (exact) mass is 245 g/mol. The van der Waals surface area contributed by atoms with Gasteiger partial charge in [-0.2, -0.15) is 0 Å². The minimum Gasteiger partial charge on any atom is -0.383 e. The van der Waals surface area contributed by atoms with Crippen LogP contribution >= 0.6 is 0 Å². The molecular weight excluding hydrogens is 218 g/mol. The van der Waals surface area contributed by atoms with Crippen LogP contribution in [0.25, 0.3) is 0 Å². The standard InChI is InChI=1S/C12H27N3O2/c1-5-17-11(10(2)3)6-7-14-12(13)15-8-9-16-4/h10-11H,5-9H2,1-4H3,(H3,13,14,15). The summed E-state index contributed by atoms with van der Waals surface area (Å²) < 4.78 is 10.5. The Morgan fingerprint density at radius 1 is 1.41 bits per heavy atom. The molecule has 0 saturated heterocycles. The fourth-order valence-electron chi connectivity index (χ4n) is 1.47. The van der Waals surface area contributed by atoms with Crippen LogP contribution in [0.2, 0.25) is 0 Å². The summed E-state index contributed by atoms with van der Waals surface area (Å²) in [6.45, 7) is 9.07. The first-order valence-electron chi connectivity index (χ1n) is 6.26. The Morgan fingerprint density at radius 2 is 2.12 bits per heavy atom. The summed E-state index contributed by atoms with van der Waals surface area (Å²) in [5, 5.41) is 2.98. The van der Waals surface area contributed by atoms with Crippen LogP contribution in [0.5, 0.6) is 0 Å². The molecule has 1 unspecified atom stereocenters. The van der Waals surface area contributed by atoms with E-state index < -0.39 is 0 Å². The predicted octanol–water partition coefficient (Wildman–Crippen LogP) is 0.988. The fraction of sp³-hybridized carbons (Fsp3) is 0.917. The van der Waals surface area contributed by atoms with Gasteiger partial charge in [0.15, 0.2) is 5.96 Å². The summed E-state index contributed by atoms with van der Waals surface area (Å²) in [6.07, 6.45) is 1.16. The average Bonchev–Trinajstić information content (AvgIpc) is 2.28. The highest BCUT2D eigenvalue weighted by atomic mass is 16.5. The maximum atomic E-state index is 5.69. The van der Waals surface area contributed by atoms with E-state index in [1.807, 2.05) is 6.92 Å². The number of nitrogens with zero attached hydrogens (tertiary/aromatic N) is 1. The topological polar surface area (TPSA) is 68.9 Å². The third kappa shape index (κ3) is 8.94. The largest absolute Gasteiger partial charge is 0.383 e. The number of guanidine groups is 1. The molecule has 0 rings (SSSR count). The molecule has 0 fully saturated rings. The van der Waals surface area contributed by atoms with Crippen LogP contribution < -0.4 is 11.1 Å². The molecule has 5 heteroatoms. The Balaban J connectivity index is 3.80. The summed E-state index contributed by atoms with van der Waals surface area (Å²) in [5.74, 6) is 0.980. The number of aliphatic imine (C=N–C) groups is 1. The molecule has 0 amide bonds. The normalized spacial score (nSPS) is 14.1. The van der Waals surface area contributed by atoms with E-state index >= 15 is 0 Å². The lowest BCUT2D eigenvalue weighted by atomic mass is 10.0. The Labute approximate surface area is 105 Å². The number of methoxy groups -OCH3 is 1. The van der Waals surface area contributed by atoms with E-state index in [0.29, 0.717) is 31.6 Å². The number of nitrogens with one attached hydrogen (secondary N) is 1. The van der Waals surface area contributed by atoms with E-state index in [4.69, 9.17) is 15.2 Å². The number of ether oxygens (including phenoxy) is 2. The van der Waals surface area contributed by atoms with E-state index in [2.05, 4.69) is 24.2 Å². The lowest BCUT2D eigenvalue weighted by Gasteiger charge is -2.19. The molecule has 0 aromatic heterocycles. The molecule has 0 radical (unpaired) electrons. The SMILES string of the molecule is CCOC(CCN=C(N)NCCOC)C(C)C. The minimum atomic E-state index is 0.260. The van der Waals surface area contributed by atoms with E-state index in [0.717, 1.165) is 13.0 Å². The molecule has 0 bridgehead atoms. The van der Waals surface area contributed by atoms with Crippen LogP contribution in [0.1, 0.15) is 27.2 Å². The Morgan fingerprint density at radius 3 is 2.65 bits per heavy atom. The lowest BCUT2D eigenvalue weighted by Crippen LogP contribution is -2.34. The van der Waals surface area contributed by atoms with Crippen LogP contribution in [-0.2, 0) is 9.47 Å². The smallest absolute Gasteiger partial charge is 0.188 e. The number of nitrogens with two attached hydrogens (primary N) is 1. The first kappa shape index (κ1) is 16.2. The molecule has 0 aromatic carbocycles. The van der Waals surface area contributed by atoms with Crippen LogP contribution in [0.4, 0.5) is 0 Å². The Hall–Kier alpha value is -0.810. The fourth-order valence-corrected chi connectivity index (χ4v) is 1.47. The quantitative estimate of drug-likeness (QED) is 0.361. The van der Waals surface area contributed by atoms with Gasteiger partial charge in [-0.15, -0.1) is 0 Å². The maximum absolute atomic E-state index is 5.69. The van der Waals surface area contributed by atoms with Gasteiger partial charge in [-0.25, -0.2) is 0 Å². The molecule has 0 aromatic rings. The highest BCUT2D eigenvalue weighted by Crippen LogP contribution is 2.10. The molecular formula is C12H27N3O2. The molecule has 0 spiro atoms. The summed E-state index contributed by atoms with van der Waals surface area (Å²) >= 11 is 0. The van der Waals surface area contributed by atoms with Gasteiger partial charge in [-0.3, -0.25) is 4.99 Å². The number of rotatable bonds is 9. The minimum absolute atomic E-state index is 0.260. The van der Waals surface area contributed by atoms with Gasteiger partial charge in [0.1, 0.15) is 0 Å². The molecule has 1 atom stereocenters. The van der Waals surface area contributed by atoms with Crippen molar-refractivity contribution in [2.24, 2.45) is 16.6 Å². The van der Waals surface area contributed by atoms with E-state index in [1.54, 1.807) is 7.11 Å². The second kappa shape index (κ2) is 10.4. The summed E-state index contributed by atoms with van der Waals surface area (Å²) in [7, 11) is 1.66. The molecule has 102 valence electrons. The van der Waals surface area contributed by atoms with Crippen molar-refractivity contribution in [1.82, 2.24) is 5.32 Å². The van der Waals surface area contributed by atoms with Crippen molar-refractivity contribution in [2.75, 3.05) is 33.4 Å². The van der Waals surface area contributed by atoms with Crippen LogP contribution in [-0.4, -0.2) is 45.5 Å². The molecule has 17 heavy (non-hydrogen) atoms. The molecule has 0 saturated carbocycles. The molecule has 0 aliphatic heterocycles. The number of hydrogen-bond donors (Lipinski definition) is 2. The second-order valence-electron chi connectivity index (χ2n) is 4.21. The van der Waals surface area contributed by atoms with Crippen LogP contribution in [0, 0.1) is 5.92 Å². The third-order valence-electron chi connectivity index (χ3n) is 2.43. The summed E-state index contributed by atoms with van der Waals surface area (Å²) in [6, 6.07) is 0. The van der Waals surface area contributed by atoms with Gasteiger partial charge in [0.2, 0.25) is 0 Å². The van der Waals surface area contributed by atoms with Gasteiger partial charge in [0, 0.05) is 26.8 Å². The van der Waals surface area contributed by atoms with Crippen molar-refractivity contribution in [3.63, 3.8) is 0 Å². The maximum Gasteiger partial charge on any atom is 0.188 e. The number of hydrogen-bond acceptors (Lipinski definition) is 3. The summed E-state index contributed by atoms with van der Waals surface area (Å²) in [4.78, 5) is 4.25.